The molecule has 0 saturated carbocycles. The Balaban J connectivity index is 2.20. The first kappa shape index (κ1) is 15.5. The second kappa shape index (κ2) is 6.72. The highest BCUT2D eigenvalue weighted by Crippen LogP contribution is 2.27. The fraction of sp³-hybridized carbons (Fsp3) is 0.375. The maximum absolute atomic E-state index is 6.02. The molecular formula is C16H21ClN2S. The summed E-state index contributed by atoms with van der Waals surface area (Å²) in [4.78, 5) is 3.56. The minimum absolute atomic E-state index is 0.232. The Morgan fingerprint density at radius 3 is 2.60 bits per heavy atom. The molecule has 0 spiro atoms. The summed E-state index contributed by atoms with van der Waals surface area (Å²) in [5, 5.41) is 0. The van der Waals surface area contributed by atoms with Gasteiger partial charge in [0, 0.05) is 24.0 Å². The van der Waals surface area contributed by atoms with Crippen LogP contribution in [0.4, 0.5) is 0 Å². The summed E-state index contributed by atoms with van der Waals surface area (Å²) in [5.41, 5.74) is 9.90. The predicted molar refractivity (Wildman–Crippen MR) is 88.5 cm³/mol. The zero-order valence-electron chi connectivity index (χ0n) is 12.2. The van der Waals surface area contributed by atoms with E-state index in [1.54, 1.807) is 11.3 Å². The first-order chi connectivity index (χ1) is 9.51. The van der Waals surface area contributed by atoms with Crippen molar-refractivity contribution in [1.29, 1.82) is 0 Å². The molecular weight excluding hydrogens is 288 g/mol. The molecule has 1 unspecified atom stereocenters. The van der Waals surface area contributed by atoms with Crippen molar-refractivity contribution in [3.8, 4) is 0 Å². The molecule has 4 heteroatoms. The van der Waals surface area contributed by atoms with Crippen LogP contribution in [0.1, 0.15) is 27.6 Å². The van der Waals surface area contributed by atoms with E-state index >= 15 is 0 Å². The number of halogens is 1. The van der Waals surface area contributed by atoms with Gasteiger partial charge in [0.25, 0.3) is 0 Å². The van der Waals surface area contributed by atoms with Gasteiger partial charge in [0.05, 0.1) is 4.34 Å². The minimum atomic E-state index is 0.232. The topological polar surface area (TPSA) is 29.3 Å². The summed E-state index contributed by atoms with van der Waals surface area (Å²) >= 11 is 7.63. The van der Waals surface area contributed by atoms with Crippen LogP contribution in [-0.2, 0) is 6.54 Å². The van der Waals surface area contributed by atoms with Crippen molar-refractivity contribution in [2.75, 3.05) is 13.6 Å². The molecule has 0 amide bonds. The van der Waals surface area contributed by atoms with Crippen molar-refractivity contribution in [1.82, 2.24) is 4.90 Å². The smallest absolute Gasteiger partial charge is 0.0931 e. The van der Waals surface area contributed by atoms with Gasteiger partial charge in [-0.3, -0.25) is 4.90 Å². The maximum Gasteiger partial charge on any atom is 0.0931 e. The van der Waals surface area contributed by atoms with Gasteiger partial charge in [-0.25, -0.2) is 0 Å². The third-order valence-corrected chi connectivity index (χ3v) is 4.80. The molecule has 2 aromatic rings. The minimum Gasteiger partial charge on any atom is -0.329 e. The average Bonchev–Trinajstić information content (AvgIpc) is 2.80. The number of nitrogens with zero attached hydrogens (tertiary/aromatic N) is 1. The normalized spacial score (nSPS) is 12.9. The van der Waals surface area contributed by atoms with Gasteiger partial charge in [0.2, 0.25) is 0 Å². The van der Waals surface area contributed by atoms with E-state index in [0.29, 0.717) is 6.54 Å². The lowest BCUT2D eigenvalue weighted by molar-refractivity contribution is 0.243. The molecule has 1 aromatic heterocycles. The first-order valence-corrected chi connectivity index (χ1v) is 7.92. The molecule has 2 rings (SSSR count). The zero-order chi connectivity index (χ0) is 14.7. The van der Waals surface area contributed by atoms with E-state index in [1.165, 1.54) is 21.6 Å². The van der Waals surface area contributed by atoms with Gasteiger partial charge in [-0.05, 0) is 44.2 Å². The molecule has 108 valence electrons. The van der Waals surface area contributed by atoms with Gasteiger partial charge < -0.3 is 5.73 Å². The van der Waals surface area contributed by atoms with E-state index < -0.39 is 0 Å². The van der Waals surface area contributed by atoms with Gasteiger partial charge in [-0.15, -0.1) is 11.3 Å². The highest BCUT2D eigenvalue weighted by Gasteiger charge is 2.18. The highest BCUT2D eigenvalue weighted by atomic mass is 35.5. The van der Waals surface area contributed by atoms with E-state index in [9.17, 15) is 0 Å². The van der Waals surface area contributed by atoms with E-state index in [1.807, 2.05) is 6.07 Å². The number of aryl methyl sites for hydroxylation is 2. The second-order valence-electron chi connectivity index (χ2n) is 5.23. The van der Waals surface area contributed by atoms with E-state index in [4.69, 9.17) is 17.3 Å². The first-order valence-electron chi connectivity index (χ1n) is 6.73. The number of benzene rings is 1. The standard InChI is InChI=1S/C16H21ClN2S/c1-11-4-5-12(2)14(8-11)15(9-18)19(3)10-13-6-7-16(17)20-13/h4-8,15H,9-10,18H2,1-3H3. The molecule has 0 aliphatic carbocycles. The Kier molecular flexibility index (Phi) is 5.22. The number of hydrogen-bond donors (Lipinski definition) is 1. The average molecular weight is 309 g/mol. The molecule has 1 heterocycles. The summed E-state index contributed by atoms with van der Waals surface area (Å²) < 4.78 is 0.837. The fourth-order valence-corrected chi connectivity index (χ4v) is 3.61. The number of nitrogens with two attached hydrogens (primary N) is 1. The predicted octanol–water partition coefficient (Wildman–Crippen LogP) is 4.15. The highest BCUT2D eigenvalue weighted by molar-refractivity contribution is 7.16. The van der Waals surface area contributed by atoms with Crippen LogP contribution in [0.25, 0.3) is 0 Å². The van der Waals surface area contributed by atoms with Crippen molar-refractivity contribution in [2.24, 2.45) is 5.73 Å². The quantitative estimate of drug-likeness (QED) is 0.899. The summed E-state index contributed by atoms with van der Waals surface area (Å²) in [5.74, 6) is 0. The van der Waals surface area contributed by atoms with Crippen molar-refractivity contribution < 1.29 is 0 Å². The summed E-state index contributed by atoms with van der Waals surface area (Å²) in [6.07, 6.45) is 0. The number of rotatable bonds is 5. The van der Waals surface area contributed by atoms with E-state index in [-0.39, 0.29) is 6.04 Å². The van der Waals surface area contributed by atoms with Gasteiger partial charge >= 0.3 is 0 Å². The van der Waals surface area contributed by atoms with Crippen LogP contribution in [0.5, 0.6) is 0 Å². The van der Waals surface area contributed by atoms with Crippen LogP contribution in [-0.4, -0.2) is 18.5 Å². The van der Waals surface area contributed by atoms with Gasteiger partial charge in [0.15, 0.2) is 0 Å². The largest absolute Gasteiger partial charge is 0.329 e. The zero-order valence-corrected chi connectivity index (χ0v) is 13.8. The van der Waals surface area contributed by atoms with Crippen LogP contribution < -0.4 is 5.73 Å². The van der Waals surface area contributed by atoms with Gasteiger partial charge in [0.1, 0.15) is 0 Å². The Morgan fingerprint density at radius 2 is 2.00 bits per heavy atom. The van der Waals surface area contributed by atoms with Crippen molar-refractivity contribution >= 4 is 22.9 Å². The molecule has 0 bridgehead atoms. The van der Waals surface area contributed by atoms with E-state index in [2.05, 4.69) is 50.1 Å². The molecule has 1 atom stereocenters. The maximum atomic E-state index is 6.02. The molecule has 0 saturated heterocycles. The molecule has 0 radical (unpaired) electrons. The monoisotopic (exact) mass is 308 g/mol. The van der Waals surface area contributed by atoms with Crippen molar-refractivity contribution in [3.05, 3.63) is 56.2 Å². The third-order valence-electron chi connectivity index (χ3n) is 3.58. The molecule has 2 nitrogen and oxygen atoms in total. The van der Waals surface area contributed by atoms with Crippen LogP contribution in [0.2, 0.25) is 4.34 Å². The molecule has 0 aliphatic rings. The number of hydrogen-bond acceptors (Lipinski definition) is 3. The molecule has 2 N–H and O–H groups in total. The van der Waals surface area contributed by atoms with Crippen LogP contribution in [0.3, 0.4) is 0 Å². The number of thiophene rings is 1. The Labute approximate surface area is 130 Å². The molecule has 0 fully saturated rings. The van der Waals surface area contributed by atoms with Crippen LogP contribution in [0, 0.1) is 13.8 Å². The second-order valence-corrected chi connectivity index (χ2v) is 7.03. The Hall–Kier alpha value is -0.870. The summed E-state index contributed by atoms with van der Waals surface area (Å²) in [6.45, 7) is 5.75. The molecule has 0 aliphatic heterocycles. The van der Waals surface area contributed by atoms with Crippen molar-refractivity contribution in [3.63, 3.8) is 0 Å². The summed E-state index contributed by atoms with van der Waals surface area (Å²) in [6, 6.07) is 10.8. The van der Waals surface area contributed by atoms with Gasteiger partial charge in [-0.2, -0.15) is 0 Å². The Bertz CT molecular complexity index is 580. The lowest BCUT2D eigenvalue weighted by atomic mass is 9.98. The molecule has 1 aromatic carbocycles. The van der Waals surface area contributed by atoms with E-state index in [0.717, 1.165) is 10.9 Å². The lowest BCUT2D eigenvalue weighted by Gasteiger charge is -2.28. The summed E-state index contributed by atoms with van der Waals surface area (Å²) in [7, 11) is 2.12. The third kappa shape index (κ3) is 3.61. The lowest BCUT2D eigenvalue weighted by Crippen LogP contribution is -2.30. The van der Waals surface area contributed by atoms with Crippen molar-refractivity contribution in [2.45, 2.75) is 26.4 Å². The SMILES string of the molecule is Cc1ccc(C)c(C(CN)N(C)Cc2ccc(Cl)s2)c1. The van der Waals surface area contributed by atoms with Gasteiger partial charge in [-0.1, -0.05) is 35.4 Å². The fourth-order valence-electron chi connectivity index (χ4n) is 2.46. The number of likely N-dealkylation sites (N-methyl/N-ethyl adjacent to an activating group) is 1. The van der Waals surface area contributed by atoms with Crippen LogP contribution in [0.15, 0.2) is 30.3 Å². The Morgan fingerprint density at radius 1 is 1.25 bits per heavy atom. The van der Waals surface area contributed by atoms with Crippen LogP contribution >= 0.6 is 22.9 Å². The molecule has 20 heavy (non-hydrogen) atoms.